The Balaban J connectivity index is 1.95. The van der Waals surface area contributed by atoms with Crippen LogP contribution in [0.3, 0.4) is 0 Å². The molecule has 0 spiro atoms. The summed E-state index contributed by atoms with van der Waals surface area (Å²) >= 11 is 0. The van der Waals surface area contributed by atoms with E-state index in [1.165, 1.54) is 39.3 Å². The van der Waals surface area contributed by atoms with E-state index in [-0.39, 0.29) is 12.0 Å². The van der Waals surface area contributed by atoms with Gasteiger partial charge in [0, 0.05) is 11.8 Å². The van der Waals surface area contributed by atoms with Crippen LogP contribution in [-0.4, -0.2) is 32.2 Å². The van der Waals surface area contributed by atoms with Crippen molar-refractivity contribution in [3.05, 3.63) is 53.8 Å². The molecule has 1 amide bonds. The number of halogens is 1. The van der Waals surface area contributed by atoms with E-state index in [0.717, 1.165) is 0 Å². The Labute approximate surface area is 150 Å². The smallest absolute Gasteiger partial charge is 0.311 e. The third-order valence-corrected chi connectivity index (χ3v) is 3.62. The summed E-state index contributed by atoms with van der Waals surface area (Å²) in [4.78, 5) is 24.1. The minimum Gasteiger partial charge on any atom is -0.493 e. The summed E-state index contributed by atoms with van der Waals surface area (Å²) in [5, 5.41) is 2.62. The fraction of sp³-hybridized carbons (Fsp3) is 0.263. The van der Waals surface area contributed by atoms with Crippen molar-refractivity contribution in [2.45, 2.75) is 19.4 Å². The number of carbonyl (C=O) groups excluding carboxylic acids is 2. The standard InChI is InChI=1S/C19H20FNO5/c1-12(26-18(22)10-13-6-4-5-7-15(13)20)19(23)21-14-8-9-16(24-2)17(11-14)25-3/h4-9,11-12H,10H2,1-3H3,(H,21,23)/t12-/m1/s1. The van der Waals surface area contributed by atoms with Gasteiger partial charge in [0.05, 0.1) is 20.6 Å². The minimum absolute atomic E-state index is 0.213. The van der Waals surface area contributed by atoms with Crippen molar-refractivity contribution < 1.29 is 28.2 Å². The summed E-state index contributed by atoms with van der Waals surface area (Å²) in [5.74, 6) is -0.722. The van der Waals surface area contributed by atoms with Crippen LogP contribution in [0.25, 0.3) is 0 Å². The predicted molar refractivity (Wildman–Crippen MR) is 93.8 cm³/mol. The fourth-order valence-electron chi connectivity index (χ4n) is 2.25. The van der Waals surface area contributed by atoms with Crippen LogP contribution in [0.2, 0.25) is 0 Å². The van der Waals surface area contributed by atoms with Crippen molar-refractivity contribution in [1.82, 2.24) is 0 Å². The summed E-state index contributed by atoms with van der Waals surface area (Å²) in [5.41, 5.74) is 0.676. The van der Waals surface area contributed by atoms with Crippen LogP contribution in [0.1, 0.15) is 12.5 Å². The minimum atomic E-state index is -1.04. The Hall–Kier alpha value is -3.09. The largest absolute Gasteiger partial charge is 0.493 e. The Bertz CT molecular complexity index is 793. The van der Waals surface area contributed by atoms with E-state index < -0.39 is 23.8 Å². The molecule has 0 aliphatic heterocycles. The van der Waals surface area contributed by atoms with Gasteiger partial charge in [0.15, 0.2) is 17.6 Å². The number of ether oxygens (including phenoxy) is 3. The first-order chi connectivity index (χ1) is 12.4. The van der Waals surface area contributed by atoms with Gasteiger partial charge in [0.25, 0.3) is 5.91 Å². The van der Waals surface area contributed by atoms with Gasteiger partial charge >= 0.3 is 5.97 Å². The maximum atomic E-state index is 13.6. The second-order valence-electron chi connectivity index (χ2n) is 5.46. The number of hydrogen-bond acceptors (Lipinski definition) is 5. The topological polar surface area (TPSA) is 73.9 Å². The van der Waals surface area contributed by atoms with Crippen molar-refractivity contribution in [2.75, 3.05) is 19.5 Å². The van der Waals surface area contributed by atoms with Gasteiger partial charge in [-0.25, -0.2) is 4.39 Å². The molecule has 6 nitrogen and oxygen atoms in total. The zero-order chi connectivity index (χ0) is 19.1. The highest BCUT2D eigenvalue weighted by Gasteiger charge is 2.19. The van der Waals surface area contributed by atoms with Crippen LogP contribution in [0.4, 0.5) is 10.1 Å². The second kappa shape index (κ2) is 8.84. The number of rotatable bonds is 7. The monoisotopic (exact) mass is 361 g/mol. The van der Waals surface area contributed by atoms with Gasteiger partial charge < -0.3 is 19.5 Å². The number of hydrogen-bond donors (Lipinski definition) is 1. The zero-order valence-corrected chi connectivity index (χ0v) is 14.7. The summed E-state index contributed by atoms with van der Waals surface area (Å²) in [6.07, 6.45) is -1.29. The van der Waals surface area contributed by atoms with Gasteiger partial charge in [0.1, 0.15) is 5.82 Å². The lowest BCUT2D eigenvalue weighted by molar-refractivity contribution is -0.152. The van der Waals surface area contributed by atoms with Gasteiger partial charge in [-0.3, -0.25) is 9.59 Å². The first kappa shape index (κ1) is 19.2. The van der Waals surface area contributed by atoms with E-state index in [0.29, 0.717) is 17.2 Å². The molecule has 2 rings (SSSR count). The Kier molecular flexibility index (Phi) is 6.54. The predicted octanol–water partition coefficient (Wildman–Crippen LogP) is 2.96. The van der Waals surface area contributed by atoms with E-state index in [2.05, 4.69) is 5.32 Å². The third-order valence-electron chi connectivity index (χ3n) is 3.62. The van der Waals surface area contributed by atoms with Crippen molar-refractivity contribution in [3.8, 4) is 11.5 Å². The summed E-state index contributed by atoms with van der Waals surface area (Å²) in [7, 11) is 2.99. The summed E-state index contributed by atoms with van der Waals surface area (Å²) in [6.45, 7) is 1.44. The zero-order valence-electron chi connectivity index (χ0n) is 14.7. The van der Waals surface area contributed by atoms with E-state index >= 15 is 0 Å². The molecule has 0 radical (unpaired) electrons. The number of anilines is 1. The fourth-order valence-corrected chi connectivity index (χ4v) is 2.25. The van der Waals surface area contributed by atoms with Gasteiger partial charge in [-0.2, -0.15) is 0 Å². The Morgan fingerprint density at radius 3 is 2.42 bits per heavy atom. The number of nitrogens with one attached hydrogen (secondary N) is 1. The molecule has 0 fully saturated rings. The molecule has 0 aromatic heterocycles. The van der Waals surface area contributed by atoms with Crippen molar-refractivity contribution in [2.24, 2.45) is 0 Å². The highest BCUT2D eigenvalue weighted by atomic mass is 19.1. The molecule has 2 aromatic carbocycles. The molecule has 0 saturated carbocycles. The van der Waals surface area contributed by atoms with Crippen LogP contribution >= 0.6 is 0 Å². The van der Waals surface area contributed by atoms with Gasteiger partial charge in [-0.05, 0) is 30.7 Å². The van der Waals surface area contributed by atoms with Crippen LogP contribution < -0.4 is 14.8 Å². The number of benzene rings is 2. The molecule has 7 heteroatoms. The molecule has 26 heavy (non-hydrogen) atoms. The third kappa shape index (κ3) is 4.95. The van der Waals surface area contributed by atoms with Crippen LogP contribution in [0, 0.1) is 5.82 Å². The van der Waals surface area contributed by atoms with Crippen molar-refractivity contribution in [3.63, 3.8) is 0 Å². The summed E-state index contributed by atoms with van der Waals surface area (Å²) < 4.78 is 28.9. The highest BCUT2D eigenvalue weighted by Crippen LogP contribution is 2.29. The van der Waals surface area contributed by atoms with Gasteiger partial charge in [0.2, 0.25) is 0 Å². The molecule has 0 aliphatic rings. The molecule has 1 N–H and O–H groups in total. The summed E-state index contributed by atoms with van der Waals surface area (Å²) in [6, 6.07) is 10.8. The molecule has 0 heterocycles. The lowest BCUT2D eigenvalue weighted by Crippen LogP contribution is -2.30. The average Bonchev–Trinajstić information content (AvgIpc) is 2.63. The lowest BCUT2D eigenvalue weighted by Gasteiger charge is -2.15. The normalized spacial score (nSPS) is 11.4. The maximum Gasteiger partial charge on any atom is 0.311 e. The molecule has 0 unspecified atom stereocenters. The molecule has 0 aliphatic carbocycles. The van der Waals surface area contributed by atoms with Crippen LogP contribution in [-0.2, 0) is 20.7 Å². The maximum absolute atomic E-state index is 13.6. The molecule has 138 valence electrons. The number of esters is 1. The molecule has 0 saturated heterocycles. The molecule has 2 aromatic rings. The first-order valence-corrected chi connectivity index (χ1v) is 7.90. The Morgan fingerprint density at radius 2 is 1.77 bits per heavy atom. The molecule has 0 bridgehead atoms. The first-order valence-electron chi connectivity index (χ1n) is 7.90. The Morgan fingerprint density at radius 1 is 1.08 bits per heavy atom. The van der Waals surface area contributed by atoms with E-state index in [9.17, 15) is 14.0 Å². The van der Waals surface area contributed by atoms with E-state index in [4.69, 9.17) is 14.2 Å². The number of methoxy groups -OCH3 is 2. The van der Waals surface area contributed by atoms with E-state index in [1.807, 2.05) is 0 Å². The number of carbonyl (C=O) groups is 2. The lowest BCUT2D eigenvalue weighted by atomic mass is 10.1. The molecule has 1 atom stereocenters. The van der Waals surface area contributed by atoms with Crippen molar-refractivity contribution >= 4 is 17.6 Å². The SMILES string of the molecule is COc1ccc(NC(=O)[C@@H](C)OC(=O)Cc2ccccc2F)cc1OC. The average molecular weight is 361 g/mol. The van der Waals surface area contributed by atoms with Crippen molar-refractivity contribution in [1.29, 1.82) is 0 Å². The molecular formula is C19H20FNO5. The highest BCUT2D eigenvalue weighted by molar-refractivity contribution is 5.95. The number of amides is 1. The van der Waals surface area contributed by atoms with Gasteiger partial charge in [-0.15, -0.1) is 0 Å². The van der Waals surface area contributed by atoms with Crippen LogP contribution in [0.15, 0.2) is 42.5 Å². The quantitative estimate of drug-likeness (QED) is 0.768. The van der Waals surface area contributed by atoms with Gasteiger partial charge in [-0.1, -0.05) is 18.2 Å². The second-order valence-corrected chi connectivity index (χ2v) is 5.46. The van der Waals surface area contributed by atoms with Crippen LogP contribution in [0.5, 0.6) is 11.5 Å². The van der Waals surface area contributed by atoms with E-state index in [1.54, 1.807) is 24.3 Å². The molecular weight excluding hydrogens is 341 g/mol.